The van der Waals surface area contributed by atoms with Gasteiger partial charge in [-0.15, -0.1) is 0 Å². The standard InChI is InChI=1S/C6H11O9P/c7-16(14-5-10-1-8-2-11-5)15-6-12-3-9-4-13-6/h5-6,16H,1-4H2. The third-order valence-electron chi connectivity index (χ3n) is 1.53. The third kappa shape index (κ3) is 4.06. The quantitative estimate of drug-likeness (QED) is 0.642. The van der Waals surface area contributed by atoms with Crippen LogP contribution in [0.2, 0.25) is 0 Å². The minimum absolute atomic E-state index is 0.00405. The van der Waals surface area contributed by atoms with Crippen LogP contribution in [0, 0.1) is 0 Å². The maximum absolute atomic E-state index is 11.3. The predicted molar refractivity (Wildman–Crippen MR) is 44.7 cm³/mol. The van der Waals surface area contributed by atoms with Gasteiger partial charge in [0.25, 0.3) is 13.0 Å². The molecular formula is C6H11O9P. The van der Waals surface area contributed by atoms with Gasteiger partial charge in [-0.3, -0.25) is 13.6 Å². The molecule has 10 heteroatoms. The molecule has 2 aliphatic rings. The van der Waals surface area contributed by atoms with Crippen LogP contribution in [0.5, 0.6) is 0 Å². The number of ether oxygens (including phenoxy) is 6. The summed E-state index contributed by atoms with van der Waals surface area (Å²) in [6, 6.07) is 0. The first-order valence-electron chi connectivity index (χ1n) is 4.34. The van der Waals surface area contributed by atoms with Gasteiger partial charge in [-0.1, -0.05) is 0 Å². The molecule has 0 aromatic rings. The average molecular weight is 258 g/mol. The van der Waals surface area contributed by atoms with Gasteiger partial charge in [-0.2, -0.15) is 0 Å². The first-order chi connectivity index (χ1) is 7.84. The third-order valence-corrected chi connectivity index (χ3v) is 2.30. The molecule has 2 heterocycles. The van der Waals surface area contributed by atoms with Gasteiger partial charge < -0.3 is 28.4 Å². The summed E-state index contributed by atoms with van der Waals surface area (Å²) in [7, 11) is -2.85. The highest BCUT2D eigenvalue weighted by atomic mass is 31.1. The van der Waals surface area contributed by atoms with E-state index >= 15 is 0 Å². The molecular weight excluding hydrogens is 247 g/mol. The lowest BCUT2D eigenvalue weighted by atomic mass is 11.1. The van der Waals surface area contributed by atoms with Crippen molar-refractivity contribution in [2.24, 2.45) is 0 Å². The second-order valence-corrected chi connectivity index (χ2v) is 3.58. The lowest BCUT2D eigenvalue weighted by molar-refractivity contribution is -0.372. The van der Waals surface area contributed by atoms with Gasteiger partial charge in [0.2, 0.25) is 0 Å². The Balaban J connectivity index is 1.66. The predicted octanol–water partition coefficient (Wildman–Crippen LogP) is -0.0667. The lowest BCUT2D eigenvalue weighted by Gasteiger charge is -2.25. The fraction of sp³-hybridized carbons (Fsp3) is 1.00. The molecule has 0 atom stereocenters. The van der Waals surface area contributed by atoms with Crippen molar-refractivity contribution in [2.75, 3.05) is 27.2 Å². The fourth-order valence-corrected chi connectivity index (χ4v) is 1.54. The molecule has 0 spiro atoms. The summed E-state index contributed by atoms with van der Waals surface area (Å²) in [5.41, 5.74) is 0. The molecule has 94 valence electrons. The van der Waals surface area contributed by atoms with E-state index in [4.69, 9.17) is 37.5 Å². The Morgan fingerprint density at radius 1 is 0.812 bits per heavy atom. The van der Waals surface area contributed by atoms with E-state index in [-0.39, 0.29) is 27.2 Å². The van der Waals surface area contributed by atoms with Crippen molar-refractivity contribution < 1.29 is 42.0 Å². The van der Waals surface area contributed by atoms with E-state index < -0.39 is 21.2 Å². The van der Waals surface area contributed by atoms with E-state index in [0.717, 1.165) is 0 Å². The monoisotopic (exact) mass is 258 g/mol. The van der Waals surface area contributed by atoms with Gasteiger partial charge >= 0.3 is 8.25 Å². The zero-order valence-corrected chi connectivity index (χ0v) is 9.16. The van der Waals surface area contributed by atoms with Crippen LogP contribution >= 0.6 is 8.25 Å². The molecule has 2 aliphatic heterocycles. The average Bonchev–Trinajstić information content (AvgIpc) is 2.31. The first-order valence-corrected chi connectivity index (χ1v) is 5.56. The summed E-state index contributed by atoms with van der Waals surface area (Å²) in [4.78, 5) is 0. The Morgan fingerprint density at radius 2 is 1.19 bits per heavy atom. The highest BCUT2D eigenvalue weighted by Gasteiger charge is 2.23. The van der Waals surface area contributed by atoms with Gasteiger partial charge in [0.15, 0.2) is 27.2 Å². The lowest BCUT2D eigenvalue weighted by Crippen LogP contribution is -2.29. The van der Waals surface area contributed by atoms with Gasteiger partial charge in [0.1, 0.15) is 0 Å². The fourth-order valence-electron chi connectivity index (χ4n) is 0.900. The molecule has 0 saturated carbocycles. The Labute approximate surface area is 91.3 Å². The summed E-state index contributed by atoms with van der Waals surface area (Å²) in [6.07, 6.45) is 0. The van der Waals surface area contributed by atoms with Crippen LogP contribution in [0.25, 0.3) is 0 Å². The van der Waals surface area contributed by atoms with Crippen molar-refractivity contribution in [2.45, 2.75) is 13.0 Å². The Kier molecular flexibility index (Phi) is 5.10. The van der Waals surface area contributed by atoms with Crippen LogP contribution in [0.4, 0.5) is 0 Å². The van der Waals surface area contributed by atoms with Crippen LogP contribution < -0.4 is 0 Å². The summed E-state index contributed by atoms with van der Waals surface area (Å²) in [6.45, 7) is -2.12. The molecule has 0 aromatic carbocycles. The highest BCUT2D eigenvalue weighted by molar-refractivity contribution is 7.33. The van der Waals surface area contributed by atoms with Crippen molar-refractivity contribution in [3.8, 4) is 0 Å². The number of hydrogen-bond donors (Lipinski definition) is 0. The van der Waals surface area contributed by atoms with E-state index in [0.29, 0.717) is 0 Å². The van der Waals surface area contributed by atoms with E-state index in [1.807, 2.05) is 0 Å². The van der Waals surface area contributed by atoms with Crippen LogP contribution in [-0.4, -0.2) is 40.1 Å². The van der Waals surface area contributed by atoms with Gasteiger partial charge in [0, 0.05) is 0 Å². The van der Waals surface area contributed by atoms with Crippen molar-refractivity contribution in [1.29, 1.82) is 0 Å². The van der Waals surface area contributed by atoms with Crippen molar-refractivity contribution in [1.82, 2.24) is 0 Å². The maximum atomic E-state index is 11.3. The molecule has 0 amide bonds. The van der Waals surface area contributed by atoms with Crippen LogP contribution in [-0.2, 0) is 42.0 Å². The maximum Gasteiger partial charge on any atom is 0.327 e. The SMILES string of the molecule is O=[PH](OC1OCOCO1)OC1OCOCO1. The summed E-state index contributed by atoms with van der Waals surface area (Å²) < 4.78 is 49.6. The largest absolute Gasteiger partial charge is 0.329 e. The molecule has 0 aromatic heterocycles. The second kappa shape index (κ2) is 6.60. The highest BCUT2D eigenvalue weighted by Crippen LogP contribution is 2.30. The minimum Gasteiger partial charge on any atom is -0.329 e. The van der Waals surface area contributed by atoms with E-state index in [2.05, 4.69) is 0 Å². The Bertz CT molecular complexity index is 202. The van der Waals surface area contributed by atoms with Crippen molar-refractivity contribution >= 4 is 8.25 Å². The topological polar surface area (TPSA) is 90.9 Å². The summed E-state index contributed by atoms with van der Waals surface area (Å²) >= 11 is 0. The van der Waals surface area contributed by atoms with E-state index in [9.17, 15) is 4.57 Å². The minimum atomic E-state index is -2.85. The molecule has 0 aliphatic carbocycles. The van der Waals surface area contributed by atoms with Gasteiger partial charge in [0.05, 0.1) is 0 Å². The molecule has 2 fully saturated rings. The van der Waals surface area contributed by atoms with E-state index in [1.54, 1.807) is 0 Å². The second-order valence-electron chi connectivity index (χ2n) is 2.61. The van der Waals surface area contributed by atoms with Gasteiger partial charge in [-0.05, 0) is 0 Å². The summed E-state index contributed by atoms with van der Waals surface area (Å²) in [5.74, 6) is 0. The zero-order valence-electron chi connectivity index (χ0n) is 8.16. The van der Waals surface area contributed by atoms with Crippen LogP contribution in [0.1, 0.15) is 0 Å². The molecule has 0 unspecified atom stereocenters. The van der Waals surface area contributed by atoms with Crippen LogP contribution in [0.3, 0.4) is 0 Å². The zero-order chi connectivity index (χ0) is 11.2. The van der Waals surface area contributed by atoms with Crippen LogP contribution in [0.15, 0.2) is 0 Å². The first kappa shape index (κ1) is 12.4. The Hall–Kier alpha value is -0.0900. The summed E-state index contributed by atoms with van der Waals surface area (Å²) in [5, 5.41) is 0. The Morgan fingerprint density at radius 3 is 1.56 bits per heavy atom. The molecule has 2 rings (SSSR count). The molecule has 0 radical (unpaired) electrons. The number of rotatable bonds is 4. The normalized spacial score (nSPS) is 25.1. The molecule has 2 saturated heterocycles. The van der Waals surface area contributed by atoms with Gasteiger partial charge in [-0.25, -0.2) is 0 Å². The molecule has 16 heavy (non-hydrogen) atoms. The molecule has 9 nitrogen and oxygen atoms in total. The van der Waals surface area contributed by atoms with Crippen molar-refractivity contribution in [3.63, 3.8) is 0 Å². The number of hydrogen-bond acceptors (Lipinski definition) is 9. The van der Waals surface area contributed by atoms with E-state index in [1.165, 1.54) is 0 Å². The molecule has 0 bridgehead atoms. The van der Waals surface area contributed by atoms with Crippen molar-refractivity contribution in [3.05, 3.63) is 0 Å². The smallest absolute Gasteiger partial charge is 0.327 e. The molecule has 0 N–H and O–H groups in total.